The third-order valence-electron chi connectivity index (χ3n) is 3.42. The summed E-state index contributed by atoms with van der Waals surface area (Å²) in [7, 11) is 0. The molecule has 0 atom stereocenters. The van der Waals surface area contributed by atoms with Gasteiger partial charge in [-0.15, -0.1) is 12.4 Å². The average Bonchev–Trinajstić information content (AvgIpc) is 2.42. The van der Waals surface area contributed by atoms with E-state index in [1.165, 1.54) is 0 Å². The molecule has 1 aliphatic heterocycles. The molecule has 3 nitrogen and oxygen atoms in total. The summed E-state index contributed by atoms with van der Waals surface area (Å²) in [6.45, 7) is 2.48. The highest BCUT2D eigenvalue weighted by Gasteiger charge is 2.20. The Morgan fingerprint density at radius 1 is 1.30 bits per heavy atom. The average molecular weight is 338 g/mol. The van der Waals surface area contributed by atoms with Gasteiger partial charge in [-0.2, -0.15) is 0 Å². The predicted octanol–water partition coefficient (Wildman–Crippen LogP) is 3.07. The molecule has 6 heteroatoms. The molecule has 0 unspecified atom stereocenters. The van der Waals surface area contributed by atoms with Gasteiger partial charge in [0.1, 0.15) is 0 Å². The van der Waals surface area contributed by atoms with Crippen LogP contribution in [0.1, 0.15) is 18.4 Å². The van der Waals surface area contributed by atoms with Crippen molar-refractivity contribution in [2.45, 2.75) is 19.3 Å². The van der Waals surface area contributed by atoms with Crippen molar-refractivity contribution >= 4 is 41.5 Å². The number of halogens is 3. The second kappa shape index (κ2) is 8.73. The Morgan fingerprint density at radius 2 is 2.00 bits per heavy atom. The van der Waals surface area contributed by atoms with Crippen LogP contribution in [-0.4, -0.2) is 25.5 Å². The van der Waals surface area contributed by atoms with Gasteiger partial charge in [-0.25, -0.2) is 0 Å². The highest BCUT2D eigenvalue weighted by atomic mass is 35.5. The van der Waals surface area contributed by atoms with Crippen molar-refractivity contribution in [1.29, 1.82) is 0 Å². The molecular formula is C14H19Cl3N2O. The van der Waals surface area contributed by atoms with Gasteiger partial charge in [-0.3, -0.25) is 4.79 Å². The molecule has 1 aromatic carbocycles. The van der Waals surface area contributed by atoms with Crippen molar-refractivity contribution in [3.63, 3.8) is 0 Å². The van der Waals surface area contributed by atoms with Crippen LogP contribution in [0.2, 0.25) is 10.0 Å². The van der Waals surface area contributed by atoms with Gasteiger partial charge in [0.25, 0.3) is 0 Å². The first-order valence-electron chi connectivity index (χ1n) is 6.59. The first-order valence-corrected chi connectivity index (χ1v) is 7.35. The van der Waals surface area contributed by atoms with E-state index in [1.54, 1.807) is 6.07 Å². The lowest BCUT2D eigenvalue weighted by Gasteiger charge is -2.21. The molecule has 0 aliphatic carbocycles. The summed E-state index contributed by atoms with van der Waals surface area (Å²) in [5.41, 5.74) is 1.01. The Bertz CT molecular complexity index is 448. The Kier molecular flexibility index (Phi) is 7.67. The van der Waals surface area contributed by atoms with Crippen LogP contribution < -0.4 is 10.6 Å². The van der Waals surface area contributed by atoms with Gasteiger partial charge in [0.05, 0.1) is 0 Å². The van der Waals surface area contributed by atoms with E-state index in [9.17, 15) is 4.79 Å². The molecular weight excluding hydrogens is 319 g/mol. The normalized spacial score (nSPS) is 15.5. The minimum absolute atomic E-state index is 0. The van der Waals surface area contributed by atoms with Gasteiger partial charge in [0.2, 0.25) is 5.91 Å². The van der Waals surface area contributed by atoms with E-state index in [4.69, 9.17) is 23.2 Å². The van der Waals surface area contributed by atoms with Crippen molar-refractivity contribution in [3.8, 4) is 0 Å². The number of benzene rings is 1. The second-order valence-corrected chi connectivity index (χ2v) is 5.64. The van der Waals surface area contributed by atoms with E-state index in [2.05, 4.69) is 10.6 Å². The van der Waals surface area contributed by atoms with Gasteiger partial charge in [-0.1, -0.05) is 29.3 Å². The van der Waals surface area contributed by atoms with E-state index in [1.807, 2.05) is 12.1 Å². The Hall–Kier alpha value is -0.480. The van der Waals surface area contributed by atoms with Crippen molar-refractivity contribution in [2.24, 2.45) is 5.92 Å². The van der Waals surface area contributed by atoms with Crippen LogP contribution in [0.4, 0.5) is 0 Å². The molecule has 0 bridgehead atoms. The Labute approximate surface area is 135 Å². The lowest BCUT2D eigenvalue weighted by atomic mass is 9.97. The third-order valence-corrected chi connectivity index (χ3v) is 4.01. The fourth-order valence-corrected chi connectivity index (χ4v) is 2.78. The summed E-state index contributed by atoms with van der Waals surface area (Å²) in [5.74, 6) is 0.313. The number of hydrogen-bond acceptors (Lipinski definition) is 2. The smallest absolute Gasteiger partial charge is 0.223 e. The first kappa shape index (κ1) is 17.6. The van der Waals surface area contributed by atoms with Gasteiger partial charge in [0.15, 0.2) is 0 Å². The van der Waals surface area contributed by atoms with E-state index < -0.39 is 0 Å². The van der Waals surface area contributed by atoms with Crippen LogP contribution in [0.15, 0.2) is 18.2 Å². The molecule has 112 valence electrons. The number of piperidine rings is 1. The van der Waals surface area contributed by atoms with Crippen molar-refractivity contribution in [3.05, 3.63) is 33.8 Å². The summed E-state index contributed by atoms with van der Waals surface area (Å²) < 4.78 is 0. The lowest BCUT2D eigenvalue weighted by molar-refractivity contribution is -0.125. The number of carbonyl (C=O) groups is 1. The molecule has 20 heavy (non-hydrogen) atoms. The van der Waals surface area contributed by atoms with Crippen molar-refractivity contribution in [1.82, 2.24) is 10.6 Å². The zero-order valence-corrected chi connectivity index (χ0v) is 13.5. The van der Waals surface area contributed by atoms with E-state index >= 15 is 0 Å². The highest BCUT2D eigenvalue weighted by Crippen LogP contribution is 2.21. The molecule has 1 saturated heterocycles. The monoisotopic (exact) mass is 336 g/mol. The molecule has 0 radical (unpaired) electrons. The largest absolute Gasteiger partial charge is 0.356 e. The molecule has 2 N–H and O–H groups in total. The quantitative estimate of drug-likeness (QED) is 0.886. The van der Waals surface area contributed by atoms with Gasteiger partial charge >= 0.3 is 0 Å². The fourth-order valence-electron chi connectivity index (χ4n) is 2.27. The lowest BCUT2D eigenvalue weighted by Crippen LogP contribution is -2.38. The minimum Gasteiger partial charge on any atom is -0.356 e. The van der Waals surface area contributed by atoms with Crippen molar-refractivity contribution < 1.29 is 4.79 Å². The molecule has 1 aliphatic rings. The molecule has 0 aromatic heterocycles. The minimum atomic E-state index is 0. The molecule has 1 heterocycles. The molecule has 1 aromatic rings. The Balaban J connectivity index is 0.00000200. The number of rotatable bonds is 4. The third kappa shape index (κ3) is 5.13. The maximum atomic E-state index is 11.9. The number of nitrogens with one attached hydrogen (secondary N) is 2. The molecule has 0 spiro atoms. The topological polar surface area (TPSA) is 41.1 Å². The molecule has 2 rings (SSSR count). The summed E-state index contributed by atoms with van der Waals surface area (Å²) in [5, 5.41) is 7.53. The molecule has 0 saturated carbocycles. The van der Waals surface area contributed by atoms with Gasteiger partial charge in [0, 0.05) is 22.5 Å². The van der Waals surface area contributed by atoms with Crippen molar-refractivity contribution in [2.75, 3.05) is 19.6 Å². The number of hydrogen-bond donors (Lipinski definition) is 2. The SMILES string of the molecule is Cl.O=C(NCCc1ccc(Cl)cc1Cl)C1CCNCC1. The van der Waals surface area contributed by atoms with Crippen LogP contribution in [0, 0.1) is 5.92 Å². The summed E-state index contributed by atoms with van der Waals surface area (Å²) in [4.78, 5) is 11.9. The maximum Gasteiger partial charge on any atom is 0.223 e. The van der Waals surface area contributed by atoms with E-state index in [0.717, 1.165) is 37.9 Å². The number of carbonyl (C=O) groups excluding carboxylic acids is 1. The van der Waals surface area contributed by atoms with Crippen LogP contribution >= 0.6 is 35.6 Å². The highest BCUT2D eigenvalue weighted by molar-refractivity contribution is 6.35. The van der Waals surface area contributed by atoms with Crippen LogP contribution in [-0.2, 0) is 11.2 Å². The standard InChI is InChI=1S/C14H18Cl2N2O.ClH/c15-12-2-1-10(13(16)9-12)5-8-18-14(19)11-3-6-17-7-4-11;/h1-2,9,11,17H,3-8H2,(H,18,19);1H. The van der Waals surface area contributed by atoms with Gasteiger partial charge < -0.3 is 10.6 Å². The molecule has 1 amide bonds. The van der Waals surface area contributed by atoms with E-state index in [0.29, 0.717) is 16.6 Å². The molecule has 1 fully saturated rings. The zero-order chi connectivity index (χ0) is 13.7. The summed E-state index contributed by atoms with van der Waals surface area (Å²) in [6, 6.07) is 5.45. The predicted molar refractivity (Wildman–Crippen MR) is 86.0 cm³/mol. The van der Waals surface area contributed by atoms with Crippen LogP contribution in [0.5, 0.6) is 0 Å². The zero-order valence-electron chi connectivity index (χ0n) is 11.1. The van der Waals surface area contributed by atoms with Crippen LogP contribution in [0.25, 0.3) is 0 Å². The number of amides is 1. The first-order chi connectivity index (χ1) is 9.16. The summed E-state index contributed by atoms with van der Waals surface area (Å²) in [6.07, 6.45) is 2.58. The van der Waals surface area contributed by atoms with Crippen LogP contribution in [0.3, 0.4) is 0 Å². The Morgan fingerprint density at radius 3 is 2.65 bits per heavy atom. The van der Waals surface area contributed by atoms with E-state index in [-0.39, 0.29) is 24.2 Å². The van der Waals surface area contributed by atoms with Gasteiger partial charge in [-0.05, 0) is 50.0 Å². The summed E-state index contributed by atoms with van der Waals surface area (Å²) >= 11 is 11.9. The maximum absolute atomic E-state index is 11.9. The fraction of sp³-hybridized carbons (Fsp3) is 0.500. The second-order valence-electron chi connectivity index (χ2n) is 4.80.